The monoisotopic (exact) mass is 815 g/mol. The molecule has 1 atom stereocenters. The van der Waals surface area contributed by atoms with Gasteiger partial charge in [0.05, 0.1) is 17.7 Å². The fourth-order valence-corrected chi connectivity index (χ4v) is 7.58. The van der Waals surface area contributed by atoms with Crippen LogP contribution in [0.25, 0.3) is 21.7 Å². The largest absolute Gasteiger partial charge is 0.490 e. The van der Waals surface area contributed by atoms with E-state index in [9.17, 15) is 24.9 Å². The van der Waals surface area contributed by atoms with Gasteiger partial charge in [-0.05, 0) is 70.4 Å². The molecule has 2 N–H and O–H groups in total. The van der Waals surface area contributed by atoms with Gasteiger partial charge in [0.25, 0.3) is 0 Å². The third kappa shape index (κ3) is 11.6. The van der Waals surface area contributed by atoms with Gasteiger partial charge in [-0.15, -0.1) is 11.3 Å². The van der Waals surface area contributed by atoms with Crippen molar-refractivity contribution in [3.63, 3.8) is 0 Å². The van der Waals surface area contributed by atoms with Crippen LogP contribution in [0.1, 0.15) is 63.8 Å². The predicted octanol–water partition coefficient (Wildman–Crippen LogP) is 7.50. The Balaban J connectivity index is 1.19. The summed E-state index contributed by atoms with van der Waals surface area (Å²) >= 11 is 9.00. The van der Waals surface area contributed by atoms with Gasteiger partial charge in [0.1, 0.15) is 64.2 Å². The number of ether oxygens (including phenoxy) is 3. The van der Waals surface area contributed by atoms with Gasteiger partial charge in [-0.25, -0.2) is 14.8 Å². The summed E-state index contributed by atoms with van der Waals surface area (Å²) in [5.74, 6) is 0.559. The second-order valence-electron chi connectivity index (χ2n) is 13.7. The van der Waals surface area contributed by atoms with E-state index in [1.165, 1.54) is 30.0 Å². The molecule has 4 aromatic rings. The summed E-state index contributed by atoms with van der Waals surface area (Å²) in [5.41, 5.74) is 2.96. The Hall–Kier alpha value is -5.35. The highest BCUT2D eigenvalue weighted by molar-refractivity contribution is 7.98. The number of aromatic nitrogens is 2. The van der Waals surface area contributed by atoms with Crippen molar-refractivity contribution in [3.8, 4) is 39.6 Å². The number of benzene rings is 2. The minimum absolute atomic E-state index is 0.0212. The van der Waals surface area contributed by atoms with Crippen molar-refractivity contribution in [1.29, 1.82) is 10.5 Å². The average Bonchev–Trinajstić information content (AvgIpc) is 3.88. The number of nitrogens with one attached hydrogen (secondary N) is 2. The Labute approximate surface area is 339 Å². The number of alkyl carbamates (subject to hydrolysis) is 1. The van der Waals surface area contributed by atoms with Crippen molar-refractivity contribution >= 4 is 58.5 Å². The van der Waals surface area contributed by atoms with Crippen LogP contribution in [-0.4, -0.2) is 72.4 Å². The van der Waals surface area contributed by atoms with Crippen molar-refractivity contribution in [2.45, 2.75) is 69.4 Å². The minimum Gasteiger partial charge on any atom is -0.490 e. The van der Waals surface area contributed by atoms with Crippen molar-refractivity contribution in [1.82, 2.24) is 20.6 Å². The van der Waals surface area contributed by atoms with Gasteiger partial charge in [-0.1, -0.05) is 47.6 Å². The number of carbonyl (C=O) groups is 3. The quantitative estimate of drug-likeness (QED) is 0.0687. The molecule has 1 aliphatic heterocycles. The molecule has 1 unspecified atom stereocenters. The van der Waals surface area contributed by atoms with Crippen LogP contribution < -0.4 is 20.3 Å². The Morgan fingerprint density at radius 3 is 2.32 bits per heavy atom. The van der Waals surface area contributed by atoms with Crippen LogP contribution in [0.5, 0.6) is 5.75 Å². The zero-order chi connectivity index (χ0) is 40.2. The average molecular weight is 816 g/mol. The highest BCUT2D eigenvalue weighted by Gasteiger charge is 2.27. The van der Waals surface area contributed by atoms with Crippen LogP contribution >= 0.6 is 34.7 Å². The molecule has 5 rings (SSSR count). The molecular formula is C40H42ClN7O6S2. The summed E-state index contributed by atoms with van der Waals surface area (Å²) in [6, 6.07) is 18.4. The van der Waals surface area contributed by atoms with Crippen LogP contribution in [0, 0.1) is 22.7 Å². The molecular weight excluding hydrogens is 774 g/mol. The number of pyridine rings is 1. The fourth-order valence-electron chi connectivity index (χ4n) is 5.65. The molecule has 16 heteroatoms. The highest BCUT2D eigenvalue weighted by atomic mass is 35.5. The lowest BCUT2D eigenvalue weighted by Crippen LogP contribution is -2.46. The van der Waals surface area contributed by atoms with Crippen molar-refractivity contribution in [3.05, 3.63) is 75.8 Å². The standard InChI is InChI=1S/C40H42ClN7O6S2/c1-25(45-39(51)54-40(2,3)4)36(50)44-16-15-33(49)53-20-19-52-30-13-9-26(10-14-30)34-31(21-42)35(48-17-5-6-18-48)47-38(32(34)22-43)56-24-29-23-55-37(46-29)27-7-11-28(41)12-8-27/h7-14,23,25H,5-6,15-20,24H2,1-4H3,(H,44,50)(H,45,51). The summed E-state index contributed by atoms with van der Waals surface area (Å²) in [7, 11) is 0. The van der Waals surface area contributed by atoms with Gasteiger partial charge in [0.15, 0.2) is 0 Å². The number of halogens is 1. The number of amides is 2. The molecule has 0 saturated carbocycles. The molecule has 3 heterocycles. The van der Waals surface area contributed by atoms with Crippen molar-refractivity contribution < 1.29 is 28.6 Å². The molecule has 292 valence electrons. The lowest BCUT2D eigenvalue weighted by atomic mass is 9.96. The molecule has 0 radical (unpaired) electrons. The zero-order valence-corrected chi connectivity index (χ0v) is 33.9. The topological polar surface area (TPSA) is 180 Å². The first-order chi connectivity index (χ1) is 26.8. The number of anilines is 1. The Morgan fingerprint density at radius 1 is 0.982 bits per heavy atom. The van der Waals surface area contributed by atoms with E-state index in [0.717, 1.165) is 42.2 Å². The lowest BCUT2D eigenvalue weighted by Gasteiger charge is -2.22. The first-order valence-corrected chi connectivity index (χ1v) is 20.2. The van der Waals surface area contributed by atoms with Gasteiger partial charge in [0, 0.05) is 46.9 Å². The minimum atomic E-state index is -0.852. The molecule has 1 saturated heterocycles. The molecule has 2 aromatic carbocycles. The number of esters is 1. The van der Waals surface area contributed by atoms with E-state index in [1.807, 2.05) is 29.6 Å². The molecule has 0 aliphatic carbocycles. The first-order valence-electron chi connectivity index (χ1n) is 18.0. The Morgan fingerprint density at radius 2 is 1.66 bits per heavy atom. The summed E-state index contributed by atoms with van der Waals surface area (Å²) in [6.07, 6.45) is 1.20. The van der Waals surface area contributed by atoms with Gasteiger partial charge in [0.2, 0.25) is 5.91 Å². The molecule has 13 nitrogen and oxygen atoms in total. The highest BCUT2D eigenvalue weighted by Crippen LogP contribution is 2.40. The van der Waals surface area contributed by atoms with Crippen LogP contribution in [-0.2, 0) is 24.8 Å². The first kappa shape index (κ1) is 41.8. The number of hydrogen-bond acceptors (Lipinski definition) is 13. The smallest absolute Gasteiger partial charge is 0.408 e. The second-order valence-corrected chi connectivity index (χ2v) is 16.0. The number of thioether (sulfide) groups is 1. The molecule has 2 amide bonds. The number of thiazole rings is 1. The van der Waals surface area contributed by atoms with E-state index in [1.54, 1.807) is 45.0 Å². The van der Waals surface area contributed by atoms with Gasteiger partial charge in [-0.2, -0.15) is 10.5 Å². The van der Waals surface area contributed by atoms with Crippen LogP contribution in [0.15, 0.2) is 58.9 Å². The maximum absolute atomic E-state index is 12.3. The molecule has 0 spiro atoms. The fraction of sp³-hybridized carbons (Fsp3) is 0.375. The molecule has 1 aliphatic rings. The van der Waals surface area contributed by atoms with E-state index in [-0.39, 0.29) is 26.2 Å². The van der Waals surface area contributed by atoms with E-state index < -0.39 is 29.6 Å². The Kier molecular flexibility index (Phi) is 14.5. The number of rotatable bonds is 15. The summed E-state index contributed by atoms with van der Waals surface area (Å²) in [5, 5.41) is 30.0. The SMILES string of the molecule is CC(NC(=O)OC(C)(C)C)C(=O)NCCC(=O)OCCOc1ccc(-c2c(C#N)c(SCc3csc(-c4ccc(Cl)cc4)n3)nc(N3CCCC3)c2C#N)cc1. The number of carbonyl (C=O) groups excluding carboxylic acids is 3. The van der Waals surface area contributed by atoms with E-state index in [2.05, 4.69) is 27.7 Å². The molecule has 1 fully saturated rings. The van der Waals surface area contributed by atoms with Crippen LogP contribution in [0.2, 0.25) is 5.02 Å². The van der Waals surface area contributed by atoms with Crippen molar-refractivity contribution in [2.24, 2.45) is 0 Å². The maximum Gasteiger partial charge on any atom is 0.408 e. The molecule has 0 bridgehead atoms. The summed E-state index contributed by atoms with van der Waals surface area (Å²) < 4.78 is 16.2. The Bertz CT molecular complexity index is 2100. The third-order valence-electron chi connectivity index (χ3n) is 8.29. The van der Waals surface area contributed by atoms with Crippen molar-refractivity contribution in [2.75, 3.05) is 37.7 Å². The van der Waals surface area contributed by atoms with E-state index >= 15 is 0 Å². The second kappa shape index (κ2) is 19.5. The molecule has 56 heavy (non-hydrogen) atoms. The van der Waals surface area contributed by atoms with E-state index in [4.69, 9.17) is 35.8 Å². The lowest BCUT2D eigenvalue weighted by molar-refractivity contribution is -0.144. The molecule has 2 aromatic heterocycles. The zero-order valence-electron chi connectivity index (χ0n) is 31.5. The van der Waals surface area contributed by atoms with Gasteiger partial charge >= 0.3 is 12.1 Å². The summed E-state index contributed by atoms with van der Waals surface area (Å²) in [6.45, 7) is 8.29. The normalized spacial score (nSPS) is 12.9. The third-order valence-corrected chi connectivity index (χ3v) is 10.5. The van der Waals surface area contributed by atoms with Gasteiger partial charge in [-0.3, -0.25) is 9.59 Å². The maximum atomic E-state index is 12.3. The summed E-state index contributed by atoms with van der Waals surface area (Å²) in [4.78, 5) is 48.2. The van der Waals surface area contributed by atoms with Gasteiger partial charge < -0.3 is 29.7 Å². The van der Waals surface area contributed by atoms with E-state index in [0.29, 0.717) is 49.6 Å². The van der Waals surface area contributed by atoms with Crippen LogP contribution in [0.3, 0.4) is 0 Å². The number of nitrogens with zero attached hydrogens (tertiary/aromatic N) is 5. The number of hydrogen-bond donors (Lipinski definition) is 2. The predicted molar refractivity (Wildman–Crippen MR) is 216 cm³/mol. The van der Waals surface area contributed by atoms with Crippen LogP contribution in [0.4, 0.5) is 10.6 Å². The number of nitriles is 2.